The van der Waals surface area contributed by atoms with Gasteiger partial charge in [0.05, 0.1) is 5.02 Å². The molecule has 0 N–H and O–H groups in total. The van der Waals surface area contributed by atoms with Crippen molar-refractivity contribution in [1.29, 1.82) is 0 Å². The third-order valence-electron chi connectivity index (χ3n) is 0.992. The molecule has 0 heterocycles. The van der Waals surface area contributed by atoms with Crippen LogP contribution in [0.4, 0.5) is 8.78 Å². The number of rotatable bonds is 2. The average molecular weight is 178 g/mol. The molecule has 11 heavy (non-hydrogen) atoms. The van der Waals surface area contributed by atoms with E-state index in [2.05, 4.69) is 10.8 Å². The number of hydrogen-bond acceptors (Lipinski definition) is 1. The van der Waals surface area contributed by atoms with Gasteiger partial charge in [-0.15, -0.1) is 0 Å². The molecule has 0 amide bonds. The highest BCUT2D eigenvalue weighted by molar-refractivity contribution is 6.32. The first kappa shape index (κ1) is 8.27. The van der Waals surface area contributed by atoms with E-state index in [1.165, 1.54) is 18.2 Å². The molecule has 0 saturated carbocycles. The van der Waals surface area contributed by atoms with Gasteiger partial charge in [0.1, 0.15) is 5.75 Å². The summed E-state index contributed by atoms with van der Waals surface area (Å²) in [5, 5.41) is 0.157. The van der Waals surface area contributed by atoms with Crippen LogP contribution in [0, 0.1) is 6.07 Å². The Morgan fingerprint density at radius 3 is 2.82 bits per heavy atom. The summed E-state index contributed by atoms with van der Waals surface area (Å²) in [5.41, 5.74) is 0. The molecule has 59 valence electrons. The molecule has 0 fully saturated rings. The highest BCUT2D eigenvalue weighted by atomic mass is 35.5. The lowest BCUT2D eigenvalue weighted by Crippen LogP contribution is -2.01. The minimum absolute atomic E-state index is 0.0517. The lowest BCUT2D eigenvalue weighted by molar-refractivity contribution is -0.0497. The summed E-state index contributed by atoms with van der Waals surface area (Å²) in [6.07, 6.45) is 0. The first-order valence-corrected chi connectivity index (χ1v) is 3.18. The Morgan fingerprint density at radius 1 is 1.55 bits per heavy atom. The van der Waals surface area contributed by atoms with Crippen molar-refractivity contribution in [2.45, 2.75) is 6.61 Å². The molecule has 1 radical (unpaired) electrons. The van der Waals surface area contributed by atoms with E-state index < -0.39 is 6.61 Å². The van der Waals surface area contributed by atoms with E-state index >= 15 is 0 Å². The fourth-order valence-corrected chi connectivity index (χ4v) is 0.745. The largest absolute Gasteiger partial charge is 0.433 e. The van der Waals surface area contributed by atoms with Crippen molar-refractivity contribution in [3.63, 3.8) is 0 Å². The van der Waals surface area contributed by atoms with Crippen molar-refractivity contribution < 1.29 is 13.5 Å². The van der Waals surface area contributed by atoms with Crippen molar-refractivity contribution in [3.8, 4) is 5.75 Å². The number of halogens is 3. The Bertz CT molecular complexity index is 240. The van der Waals surface area contributed by atoms with Gasteiger partial charge in [0.2, 0.25) is 0 Å². The summed E-state index contributed by atoms with van der Waals surface area (Å²) in [6.45, 7) is -2.84. The van der Waals surface area contributed by atoms with Crippen molar-refractivity contribution in [1.82, 2.24) is 0 Å². The minimum atomic E-state index is -2.84. The highest BCUT2D eigenvalue weighted by Crippen LogP contribution is 2.24. The van der Waals surface area contributed by atoms with Crippen molar-refractivity contribution in [2.24, 2.45) is 0 Å². The van der Waals surface area contributed by atoms with Crippen LogP contribution in [0.5, 0.6) is 5.75 Å². The van der Waals surface area contributed by atoms with Crippen LogP contribution < -0.4 is 4.74 Å². The van der Waals surface area contributed by atoms with Crippen LogP contribution >= 0.6 is 11.6 Å². The standard InChI is InChI=1S/C7H4ClF2O/c8-5-3-1-2-4-6(5)11-7(9)10/h1,3-4,7H. The lowest BCUT2D eigenvalue weighted by Gasteiger charge is -2.04. The van der Waals surface area contributed by atoms with E-state index in [4.69, 9.17) is 11.6 Å². The van der Waals surface area contributed by atoms with Gasteiger partial charge in [-0.05, 0) is 18.2 Å². The zero-order valence-corrected chi connectivity index (χ0v) is 6.11. The topological polar surface area (TPSA) is 9.23 Å². The Hall–Kier alpha value is -0.830. The average Bonchev–Trinajstić information content (AvgIpc) is 1.93. The molecule has 0 spiro atoms. The Kier molecular flexibility index (Phi) is 2.65. The van der Waals surface area contributed by atoms with Gasteiger partial charge in [-0.2, -0.15) is 8.78 Å². The molecule has 4 heteroatoms. The van der Waals surface area contributed by atoms with E-state index in [-0.39, 0.29) is 10.8 Å². The molecule has 0 atom stereocenters. The van der Waals surface area contributed by atoms with Crippen molar-refractivity contribution >= 4 is 11.6 Å². The van der Waals surface area contributed by atoms with Crippen molar-refractivity contribution in [3.05, 3.63) is 29.3 Å². The summed E-state index contributed by atoms with van der Waals surface area (Å²) in [7, 11) is 0. The molecule has 1 rings (SSSR count). The van der Waals surface area contributed by atoms with E-state index in [9.17, 15) is 8.78 Å². The summed E-state index contributed by atoms with van der Waals surface area (Å²) >= 11 is 5.49. The van der Waals surface area contributed by atoms with E-state index in [1.807, 2.05) is 0 Å². The summed E-state index contributed by atoms with van der Waals surface area (Å²) < 4.78 is 27.3. The van der Waals surface area contributed by atoms with Crippen LogP contribution in [0.2, 0.25) is 5.02 Å². The van der Waals surface area contributed by atoms with Crippen molar-refractivity contribution in [2.75, 3.05) is 0 Å². The molecule has 1 aromatic rings. The fraction of sp³-hybridized carbons (Fsp3) is 0.143. The van der Waals surface area contributed by atoms with Gasteiger partial charge in [0.15, 0.2) is 0 Å². The Labute approximate surface area is 67.5 Å². The zero-order chi connectivity index (χ0) is 8.27. The third-order valence-corrected chi connectivity index (χ3v) is 1.30. The SMILES string of the molecule is FC(F)Oc1c[c]ccc1Cl. The van der Waals surface area contributed by atoms with Gasteiger partial charge in [-0.25, -0.2) is 0 Å². The van der Waals surface area contributed by atoms with Crippen LogP contribution in [-0.4, -0.2) is 6.61 Å². The fourth-order valence-electron chi connectivity index (χ4n) is 0.582. The second kappa shape index (κ2) is 3.53. The molecule has 0 aliphatic rings. The summed E-state index contributed by atoms with van der Waals surface area (Å²) in [5.74, 6) is -0.0517. The predicted molar refractivity (Wildman–Crippen MR) is 36.9 cm³/mol. The smallest absolute Gasteiger partial charge is 0.387 e. The van der Waals surface area contributed by atoms with Crippen LogP contribution in [0.15, 0.2) is 18.2 Å². The second-order valence-corrected chi connectivity index (χ2v) is 2.14. The minimum Gasteiger partial charge on any atom is -0.433 e. The third kappa shape index (κ3) is 2.35. The maximum atomic E-state index is 11.6. The van der Waals surface area contributed by atoms with Gasteiger partial charge in [-0.1, -0.05) is 17.7 Å². The molecule has 1 aromatic carbocycles. The van der Waals surface area contributed by atoms with Crippen LogP contribution in [-0.2, 0) is 0 Å². The molecular formula is C7H4ClF2O. The molecule has 0 aliphatic heterocycles. The summed E-state index contributed by atoms with van der Waals surface area (Å²) in [6, 6.07) is 6.77. The van der Waals surface area contributed by atoms with Gasteiger partial charge in [-0.3, -0.25) is 0 Å². The summed E-state index contributed by atoms with van der Waals surface area (Å²) in [4.78, 5) is 0. The molecule has 0 saturated heterocycles. The first-order valence-electron chi connectivity index (χ1n) is 2.80. The number of hydrogen-bond donors (Lipinski definition) is 0. The van der Waals surface area contributed by atoms with E-state index in [0.717, 1.165) is 0 Å². The molecular weight excluding hydrogens is 174 g/mol. The molecule has 0 aromatic heterocycles. The highest BCUT2D eigenvalue weighted by Gasteiger charge is 2.06. The normalized spacial score (nSPS) is 10.2. The predicted octanol–water partition coefficient (Wildman–Crippen LogP) is 2.74. The zero-order valence-electron chi connectivity index (χ0n) is 5.35. The van der Waals surface area contributed by atoms with Gasteiger partial charge >= 0.3 is 6.61 Å². The number of benzene rings is 1. The Balaban J connectivity index is 2.78. The van der Waals surface area contributed by atoms with E-state index in [0.29, 0.717) is 0 Å². The molecule has 0 aliphatic carbocycles. The maximum absolute atomic E-state index is 11.6. The van der Waals surface area contributed by atoms with E-state index in [1.54, 1.807) is 0 Å². The van der Waals surface area contributed by atoms with Crippen LogP contribution in [0.3, 0.4) is 0 Å². The maximum Gasteiger partial charge on any atom is 0.387 e. The second-order valence-electron chi connectivity index (χ2n) is 1.74. The monoisotopic (exact) mass is 177 g/mol. The quantitative estimate of drug-likeness (QED) is 0.675. The number of ether oxygens (including phenoxy) is 1. The molecule has 0 bridgehead atoms. The first-order chi connectivity index (χ1) is 5.20. The van der Waals surface area contributed by atoms with Crippen LogP contribution in [0.1, 0.15) is 0 Å². The van der Waals surface area contributed by atoms with Gasteiger partial charge in [0, 0.05) is 0 Å². The molecule has 1 nitrogen and oxygen atoms in total. The lowest BCUT2D eigenvalue weighted by atomic mass is 10.3. The molecule has 0 unspecified atom stereocenters. The number of alkyl halides is 2. The Morgan fingerprint density at radius 2 is 2.27 bits per heavy atom. The van der Waals surface area contributed by atoms with Gasteiger partial charge in [0.25, 0.3) is 0 Å². The van der Waals surface area contributed by atoms with Gasteiger partial charge < -0.3 is 4.74 Å². The van der Waals surface area contributed by atoms with Crippen LogP contribution in [0.25, 0.3) is 0 Å².